The quantitative estimate of drug-likeness (QED) is 0.700. The van der Waals surface area contributed by atoms with Gasteiger partial charge in [-0.1, -0.05) is 47.1 Å². The average Bonchev–Trinajstić information content (AvgIpc) is 3.03. The van der Waals surface area contributed by atoms with Gasteiger partial charge in [-0.3, -0.25) is 0 Å². The van der Waals surface area contributed by atoms with E-state index in [0.29, 0.717) is 28.4 Å². The molecule has 3 aromatic rings. The summed E-state index contributed by atoms with van der Waals surface area (Å²) in [6, 6.07) is 17.0. The number of hydrogen-bond acceptors (Lipinski definition) is 4. The van der Waals surface area contributed by atoms with Gasteiger partial charge in [0.1, 0.15) is 0 Å². The Morgan fingerprint density at radius 3 is 2.61 bits per heavy atom. The first-order chi connectivity index (χ1) is 11.2. The average molecular weight is 345 g/mol. The molecule has 5 nitrogen and oxygen atoms in total. The van der Waals surface area contributed by atoms with Crippen LogP contribution in [0, 0.1) is 0 Å². The molecule has 0 unspecified atom stereocenters. The lowest BCUT2D eigenvalue weighted by Crippen LogP contribution is -2.27. The van der Waals surface area contributed by atoms with Gasteiger partial charge >= 0.3 is 0 Å². The summed E-state index contributed by atoms with van der Waals surface area (Å²) < 4.78 is 5.21. The summed E-state index contributed by atoms with van der Waals surface area (Å²) in [5.41, 5.74) is 1.64. The van der Waals surface area contributed by atoms with Gasteiger partial charge in [0.15, 0.2) is 5.11 Å². The Labute approximate surface area is 143 Å². The van der Waals surface area contributed by atoms with E-state index in [9.17, 15) is 0 Å². The number of halogens is 1. The minimum Gasteiger partial charge on any atom is -0.353 e. The van der Waals surface area contributed by atoms with Crippen molar-refractivity contribution in [2.75, 3.05) is 5.32 Å². The fraction of sp³-hybridized carbons (Fsp3) is 0.0625. The van der Waals surface area contributed by atoms with Crippen LogP contribution in [-0.2, 0) is 6.54 Å². The normalized spacial score (nSPS) is 10.3. The highest BCUT2D eigenvalue weighted by Crippen LogP contribution is 2.24. The van der Waals surface area contributed by atoms with E-state index >= 15 is 0 Å². The van der Waals surface area contributed by atoms with Crippen molar-refractivity contribution in [2.45, 2.75) is 6.54 Å². The van der Waals surface area contributed by atoms with Crippen molar-refractivity contribution >= 4 is 34.6 Å². The maximum absolute atomic E-state index is 6.12. The van der Waals surface area contributed by atoms with Gasteiger partial charge in [-0.15, -0.1) is 0 Å². The predicted molar refractivity (Wildman–Crippen MR) is 94.2 cm³/mol. The Kier molecular flexibility index (Phi) is 4.85. The Bertz CT molecular complexity index is 807. The van der Waals surface area contributed by atoms with Gasteiger partial charge in [0, 0.05) is 11.3 Å². The van der Waals surface area contributed by atoms with Crippen molar-refractivity contribution < 1.29 is 4.52 Å². The maximum Gasteiger partial charge on any atom is 0.246 e. The van der Waals surface area contributed by atoms with Crippen molar-refractivity contribution in [1.82, 2.24) is 15.5 Å². The van der Waals surface area contributed by atoms with Gasteiger partial charge in [0.25, 0.3) is 0 Å². The highest BCUT2D eigenvalue weighted by Gasteiger charge is 2.11. The van der Waals surface area contributed by atoms with Crippen molar-refractivity contribution in [3.05, 3.63) is 65.5 Å². The molecule has 0 amide bonds. The van der Waals surface area contributed by atoms with E-state index in [1.54, 1.807) is 6.07 Å². The Morgan fingerprint density at radius 2 is 1.83 bits per heavy atom. The second-order valence-electron chi connectivity index (χ2n) is 4.67. The topological polar surface area (TPSA) is 63.0 Å². The lowest BCUT2D eigenvalue weighted by atomic mass is 10.2. The zero-order chi connectivity index (χ0) is 16.1. The Morgan fingerprint density at radius 1 is 1.09 bits per heavy atom. The van der Waals surface area contributed by atoms with Crippen molar-refractivity contribution in [3.8, 4) is 11.4 Å². The van der Waals surface area contributed by atoms with Crippen molar-refractivity contribution in [1.29, 1.82) is 0 Å². The van der Waals surface area contributed by atoms with Crippen LogP contribution in [0.3, 0.4) is 0 Å². The van der Waals surface area contributed by atoms with E-state index < -0.39 is 0 Å². The summed E-state index contributed by atoms with van der Waals surface area (Å²) in [4.78, 5) is 4.31. The summed E-state index contributed by atoms with van der Waals surface area (Å²) in [6.07, 6.45) is 0. The molecule has 0 spiro atoms. The first kappa shape index (κ1) is 15.5. The summed E-state index contributed by atoms with van der Waals surface area (Å²) in [5.74, 6) is 0.881. The minimum atomic E-state index is 0.329. The molecule has 1 aromatic heterocycles. The van der Waals surface area contributed by atoms with E-state index in [4.69, 9.17) is 28.3 Å². The molecular formula is C16H13ClN4OS. The fourth-order valence-corrected chi connectivity index (χ4v) is 2.34. The van der Waals surface area contributed by atoms with Crippen LogP contribution in [0.5, 0.6) is 0 Å². The molecule has 0 atom stereocenters. The van der Waals surface area contributed by atoms with E-state index in [1.165, 1.54) is 0 Å². The van der Waals surface area contributed by atoms with Crippen LogP contribution in [0.4, 0.5) is 5.69 Å². The maximum atomic E-state index is 6.12. The number of aromatic nitrogens is 2. The van der Waals surface area contributed by atoms with Crippen LogP contribution in [0.15, 0.2) is 59.1 Å². The molecule has 0 saturated heterocycles. The standard InChI is InChI=1S/C16H13ClN4OS/c17-13-9-5-4-8-12(13)15-20-14(22-21-15)10-18-16(23)19-11-6-2-1-3-7-11/h1-9H,10H2,(H2,18,19,23). The first-order valence-corrected chi connectivity index (χ1v) is 7.68. The number of benzene rings is 2. The number of nitrogens with one attached hydrogen (secondary N) is 2. The van der Waals surface area contributed by atoms with Gasteiger partial charge < -0.3 is 15.2 Å². The highest BCUT2D eigenvalue weighted by molar-refractivity contribution is 7.80. The highest BCUT2D eigenvalue weighted by atomic mass is 35.5. The summed E-state index contributed by atoms with van der Waals surface area (Å²) in [6.45, 7) is 0.329. The molecule has 3 rings (SSSR count). The van der Waals surface area contributed by atoms with Gasteiger partial charge in [-0.05, 0) is 36.5 Å². The van der Waals surface area contributed by atoms with Crippen LogP contribution in [0.25, 0.3) is 11.4 Å². The molecular weight excluding hydrogens is 332 g/mol. The number of thiocarbonyl (C=S) groups is 1. The number of rotatable bonds is 4. The zero-order valence-electron chi connectivity index (χ0n) is 12.0. The molecule has 0 radical (unpaired) electrons. The smallest absolute Gasteiger partial charge is 0.246 e. The number of para-hydroxylation sites is 1. The van der Waals surface area contributed by atoms with E-state index in [0.717, 1.165) is 11.3 Å². The largest absolute Gasteiger partial charge is 0.353 e. The van der Waals surface area contributed by atoms with E-state index in [-0.39, 0.29) is 0 Å². The second kappa shape index (κ2) is 7.21. The third-order valence-electron chi connectivity index (χ3n) is 3.01. The van der Waals surface area contributed by atoms with E-state index in [1.807, 2.05) is 48.5 Å². The first-order valence-electron chi connectivity index (χ1n) is 6.90. The Balaban J connectivity index is 1.59. The van der Waals surface area contributed by atoms with Crippen LogP contribution in [0.1, 0.15) is 5.89 Å². The molecule has 0 saturated carbocycles. The van der Waals surface area contributed by atoms with Gasteiger partial charge in [0.05, 0.1) is 11.6 Å². The number of nitrogens with zero attached hydrogens (tertiary/aromatic N) is 2. The summed E-state index contributed by atoms with van der Waals surface area (Å²) in [5, 5.41) is 11.1. The monoisotopic (exact) mass is 344 g/mol. The molecule has 0 aliphatic heterocycles. The molecule has 0 aliphatic rings. The van der Waals surface area contributed by atoms with Crippen molar-refractivity contribution in [2.24, 2.45) is 0 Å². The SMILES string of the molecule is S=C(NCc1nc(-c2ccccc2Cl)no1)Nc1ccccc1. The lowest BCUT2D eigenvalue weighted by molar-refractivity contribution is 0.376. The molecule has 0 aliphatic carbocycles. The van der Waals surface area contributed by atoms with E-state index in [2.05, 4.69) is 20.8 Å². The zero-order valence-corrected chi connectivity index (χ0v) is 13.6. The second-order valence-corrected chi connectivity index (χ2v) is 5.48. The minimum absolute atomic E-state index is 0.329. The van der Waals surface area contributed by atoms with Gasteiger partial charge in [-0.2, -0.15) is 4.98 Å². The van der Waals surface area contributed by atoms with Crippen LogP contribution in [0.2, 0.25) is 5.02 Å². The van der Waals surface area contributed by atoms with Crippen molar-refractivity contribution in [3.63, 3.8) is 0 Å². The fourth-order valence-electron chi connectivity index (χ4n) is 1.93. The third kappa shape index (κ3) is 4.06. The number of hydrogen-bond donors (Lipinski definition) is 2. The van der Waals surface area contributed by atoms with Gasteiger partial charge in [-0.25, -0.2) is 0 Å². The Hall–Kier alpha value is -2.44. The number of anilines is 1. The summed E-state index contributed by atoms with van der Waals surface area (Å²) in [7, 11) is 0. The molecule has 1 heterocycles. The lowest BCUT2D eigenvalue weighted by Gasteiger charge is -2.08. The van der Waals surface area contributed by atoms with Crippen LogP contribution < -0.4 is 10.6 Å². The summed E-state index contributed by atoms with van der Waals surface area (Å²) >= 11 is 11.3. The molecule has 0 bridgehead atoms. The van der Waals surface area contributed by atoms with Crippen LogP contribution >= 0.6 is 23.8 Å². The predicted octanol–water partition coefficient (Wildman–Crippen LogP) is 3.88. The van der Waals surface area contributed by atoms with Gasteiger partial charge in [0.2, 0.25) is 11.7 Å². The molecule has 0 fully saturated rings. The molecule has 7 heteroatoms. The molecule has 116 valence electrons. The van der Waals surface area contributed by atoms with Crippen LogP contribution in [-0.4, -0.2) is 15.3 Å². The molecule has 2 N–H and O–H groups in total. The third-order valence-corrected chi connectivity index (χ3v) is 3.59. The molecule has 23 heavy (non-hydrogen) atoms. The molecule has 2 aromatic carbocycles.